The molecule has 0 aromatic carbocycles. The van der Waals surface area contributed by atoms with Crippen LogP contribution >= 0.6 is 11.3 Å². The first-order valence-electron chi connectivity index (χ1n) is 4.83. The molecule has 3 heterocycles. The summed E-state index contributed by atoms with van der Waals surface area (Å²) in [7, 11) is 0. The minimum atomic E-state index is 1.04. The number of thiophene rings is 1. The fourth-order valence-electron chi connectivity index (χ4n) is 1.77. The van der Waals surface area contributed by atoms with Crippen molar-refractivity contribution in [2.45, 2.75) is 6.92 Å². The largest absolute Gasteiger partial charge is 0.320 e. The highest BCUT2D eigenvalue weighted by Crippen LogP contribution is 2.27. The van der Waals surface area contributed by atoms with Crippen LogP contribution in [0.5, 0.6) is 0 Å². The molecule has 0 atom stereocenters. The number of hydrogen-bond donors (Lipinski definition) is 0. The highest BCUT2D eigenvalue weighted by molar-refractivity contribution is 7.13. The van der Waals surface area contributed by atoms with Crippen molar-refractivity contribution in [1.29, 1.82) is 0 Å². The first-order chi connectivity index (χ1) is 7.34. The summed E-state index contributed by atoms with van der Waals surface area (Å²) in [5.41, 5.74) is 3.29. The van der Waals surface area contributed by atoms with Crippen LogP contribution in [0.2, 0.25) is 0 Å². The van der Waals surface area contributed by atoms with E-state index >= 15 is 0 Å². The molecule has 3 rings (SSSR count). The van der Waals surface area contributed by atoms with Gasteiger partial charge in [-0.05, 0) is 30.5 Å². The maximum Gasteiger partial charge on any atom is 0.104 e. The zero-order valence-electron chi connectivity index (χ0n) is 8.34. The summed E-state index contributed by atoms with van der Waals surface area (Å²) in [5.74, 6) is 0. The van der Waals surface area contributed by atoms with Crippen LogP contribution in [-0.2, 0) is 0 Å². The number of aryl methyl sites for hydroxylation is 1. The van der Waals surface area contributed by atoms with Gasteiger partial charge in [-0.3, -0.25) is 0 Å². The van der Waals surface area contributed by atoms with Gasteiger partial charge in [0.25, 0.3) is 0 Å². The van der Waals surface area contributed by atoms with E-state index in [1.54, 1.807) is 11.3 Å². The second-order valence-corrected chi connectivity index (χ2v) is 4.46. The predicted octanol–water partition coefficient (Wildman–Crippen LogP) is 3.37. The molecule has 15 heavy (non-hydrogen) atoms. The highest BCUT2D eigenvalue weighted by Gasteiger charge is 2.07. The molecule has 0 fully saturated rings. The second-order valence-electron chi connectivity index (χ2n) is 3.51. The third-order valence-corrected chi connectivity index (χ3v) is 3.27. The average molecular weight is 214 g/mol. The molecule has 3 heteroatoms. The van der Waals surface area contributed by atoms with Crippen LogP contribution in [0.15, 0.2) is 42.0 Å². The summed E-state index contributed by atoms with van der Waals surface area (Å²) in [4.78, 5) is 5.83. The quantitative estimate of drug-likeness (QED) is 0.607. The van der Waals surface area contributed by atoms with E-state index in [1.807, 2.05) is 19.2 Å². The van der Waals surface area contributed by atoms with Crippen molar-refractivity contribution in [3.63, 3.8) is 0 Å². The van der Waals surface area contributed by atoms with Crippen molar-refractivity contribution in [3.8, 4) is 10.6 Å². The van der Waals surface area contributed by atoms with Gasteiger partial charge in [-0.15, -0.1) is 11.3 Å². The van der Waals surface area contributed by atoms with Crippen molar-refractivity contribution in [2.75, 3.05) is 0 Å². The third kappa shape index (κ3) is 1.36. The van der Waals surface area contributed by atoms with Crippen molar-refractivity contribution >= 4 is 16.9 Å². The molecule has 0 amide bonds. The van der Waals surface area contributed by atoms with E-state index in [1.165, 1.54) is 10.4 Å². The number of aromatic nitrogens is 2. The summed E-state index contributed by atoms with van der Waals surface area (Å²) in [6.45, 7) is 2.02. The van der Waals surface area contributed by atoms with Gasteiger partial charge in [0.2, 0.25) is 0 Å². The molecule has 0 bridgehead atoms. The van der Waals surface area contributed by atoms with Crippen molar-refractivity contribution in [2.24, 2.45) is 0 Å². The molecule has 2 nitrogen and oxygen atoms in total. The Balaban J connectivity index is 2.38. The van der Waals surface area contributed by atoms with E-state index in [2.05, 4.69) is 39.2 Å². The van der Waals surface area contributed by atoms with Gasteiger partial charge >= 0.3 is 0 Å². The Hall–Kier alpha value is -1.61. The molecule has 0 aliphatic carbocycles. The van der Waals surface area contributed by atoms with Crippen LogP contribution in [0.4, 0.5) is 0 Å². The van der Waals surface area contributed by atoms with Crippen LogP contribution in [-0.4, -0.2) is 9.38 Å². The van der Waals surface area contributed by atoms with Crippen molar-refractivity contribution in [3.05, 3.63) is 47.7 Å². The van der Waals surface area contributed by atoms with Crippen molar-refractivity contribution < 1.29 is 0 Å². The van der Waals surface area contributed by atoms with E-state index in [4.69, 9.17) is 0 Å². The van der Waals surface area contributed by atoms with E-state index in [-0.39, 0.29) is 0 Å². The van der Waals surface area contributed by atoms with Gasteiger partial charge in [-0.25, -0.2) is 4.98 Å². The molecule has 0 radical (unpaired) electrons. The molecule has 0 spiro atoms. The zero-order valence-corrected chi connectivity index (χ0v) is 9.16. The Morgan fingerprint density at radius 2 is 2.20 bits per heavy atom. The van der Waals surface area contributed by atoms with E-state index in [0.29, 0.717) is 0 Å². The molecule has 0 N–H and O–H groups in total. The van der Waals surface area contributed by atoms with Crippen LogP contribution in [0, 0.1) is 6.92 Å². The summed E-state index contributed by atoms with van der Waals surface area (Å²) in [5, 5.41) is 2.08. The van der Waals surface area contributed by atoms with E-state index < -0.39 is 0 Å². The van der Waals surface area contributed by atoms with Crippen LogP contribution in [0.3, 0.4) is 0 Å². The Morgan fingerprint density at radius 1 is 1.27 bits per heavy atom. The van der Waals surface area contributed by atoms with Crippen LogP contribution in [0.1, 0.15) is 5.69 Å². The Labute approximate surface area is 91.8 Å². The monoisotopic (exact) mass is 214 g/mol. The highest BCUT2D eigenvalue weighted by atomic mass is 32.1. The first-order valence-corrected chi connectivity index (χ1v) is 5.71. The van der Waals surface area contributed by atoms with Gasteiger partial charge in [0, 0.05) is 12.4 Å². The lowest BCUT2D eigenvalue weighted by Gasteiger charge is -2.03. The number of fused-ring (bicyclic) bond motifs is 1. The Bertz CT molecular complexity index is 593. The lowest BCUT2D eigenvalue weighted by Crippen LogP contribution is -1.92. The first kappa shape index (κ1) is 8.68. The molecule has 3 aromatic heterocycles. The Morgan fingerprint density at radius 3 is 3.00 bits per heavy atom. The summed E-state index contributed by atoms with van der Waals surface area (Å²) >= 11 is 1.73. The van der Waals surface area contributed by atoms with Crippen molar-refractivity contribution in [1.82, 2.24) is 9.38 Å². The maximum absolute atomic E-state index is 4.61. The van der Waals surface area contributed by atoms with Gasteiger partial charge in [0.05, 0.1) is 16.1 Å². The molecule has 0 saturated carbocycles. The second kappa shape index (κ2) is 3.21. The lowest BCUT2D eigenvalue weighted by molar-refractivity contribution is 1.09. The molecule has 0 saturated heterocycles. The van der Waals surface area contributed by atoms with Crippen LogP contribution < -0.4 is 0 Å². The number of hydrogen-bond acceptors (Lipinski definition) is 2. The van der Waals surface area contributed by atoms with Gasteiger partial charge in [0.1, 0.15) is 5.69 Å². The zero-order chi connectivity index (χ0) is 10.3. The lowest BCUT2D eigenvalue weighted by atomic mass is 10.3. The summed E-state index contributed by atoms with van der Waals surface area (Å²) in [6, 6.07) is 8.32. The Kier molecular flexibility index (Phi) is 1.86. The minimum absolute atomic E-state index is 1.04. The molecule has 0 aliphatic rings. The normalized spacial score (nSPS) is 11.0. The van der Waals surface area contributed by atoms with Crippen LogP contribution in [0.25, 0.3) is 16.1 Å². The predicted molar refractivity (Wildman–Crippen MR) is 63.2 cm³/mol. The third-order valence-electron chi connectivity index (χ3n) is 2.39. The van der Waals surface area contributed by atoms with Gasteiger partial charge < -0.3 is 4.40 Å². The molecular formula is C12H10N2S. The SMILES string of the molecule is Cc1cn2cccc2c(-c2cccs2)n1. The van der Waals surface area contributed by atoms with E-state index in [0.717, 1.165) is 11.4 Å². The summed E-state index contributed by atoms with van der Waals surface area (Å²) < 4.78 is 2.12. The molecule has 3 aromatic rings. The fourth-order valence-corrected chi connectivity index (χ4v) is 2.49. The maximum atomic E-state index is 4.61. The smallest absolute Gasteiger partial charge is 0.104 e. The summed E-state index contributed by atoms with van der Waals surface area (Å²) in [6.07, 6.45) is 4.10. The number of nitrogens with zero attached hydrogens (tertiary/aromatic N) is 2. The fraction of sp³-hybridized carbons (Fsp3) is 0.0833. The topological polar surface area (TPSA) is 17.3 Å². The number of rotatable bonds is 1. The molecular weight excluding hydrogens is 204 g/mol. The van der Waals surface area contributed by atoms with E-state index in [9.17, 15) is 0 Å². The van der Waals surface area contributed by atoms with Gasteiger partial charge in [-0.2, -0.15) is 0 Å². The minimum Gasteiger partial charge on any atom is -0.320 e. The molecule has 0 unspecified atom stereocenters. The molecule has 0 aliphatic heterocycles. The van der Waals surface area contributed by atoms with Gasteiger partial charge in [-0.1, -0.05) is 6.07 Å². The average Bonchev–Trinajstić information content (AvgIpc) is 2.86. The standard InChI is InChI=1S/C12H10N2S/c1-9-8-14-6-2-4-10(14)12(13-9)11-5-3-7-15-11/h2-8H,1H3. The van der Waals surface area contributed by atoms with Gasteiger partial charge in [0.15, 0.2) is 0 Å². The molecule has 74 valence electrons.